The number of ether oxygens (including phenoxy) is 2. The van der Waals surface area contributed by atoms with E-state index in [1.165, 1.54) is 5.56 Å². The molecule has 1 unspecified atom stereocenters. The standard InChI is InChI=1S/C25H32N2O4/c1-17(2)19-7-6-8-21(14-19)26(3)25(29)20-15-24(28)27(16-20)12-11-18-9-10-22(30-4)23(13-18)31-5/h6-10,13-14,17,20H,11-12,15-16H2,1-5H3. The van der Waals surface area contributed by atoms with Crippen molar-refractivity contribution in [3.8, 4) is 11.5 Å². The summed E-state index contributed by atoms with van der Waals surface area (Å²) in [6.45, 7) is 5.30. The summed E-state index contributed by atoms with van der Waals surface area (Å²) in [5, 5.41) is 0. The zero-order valence-corrected chi connectivity index (χ0v) is 19.1. The van der Waals surface area contributed by atoms with E-state index in [2.05, 4.69) is 19.9 Å². The minimum atomic E-state index is -0.314. The van der Waals surface area contributed by atoms with E-state index in [1.807, 2.05) is 36.4 Å². The molecule has 0 aliphatic carbocycles. The lowest BCUT2D eigenvalue weighted by atomic mass is 10.0. The van der Waals surface area contributed by atoms with E-state index < -0.39 is 0 Å². The Kier molecular flexibility index (Phi) is 7.21. The molecule has 1 heterocycles. The first-order valence-electron chi connectivity index (χ1n) is 10.7. The predicted molar refractivity (Wildman–Crippen MR) is 122 cm³/mol. The Hall–Kier alpha value is -3.02. The quantitative estimate of drug-likeness (QED) is 0.645. The molecule has 0 aromatic heterocycles. The van der Waals surface area contributed by atoms with Crippen molar-refractivity contribution in [3.63, 3.8) is 0 Å². The summed E-state index contributed by atoms with van der Waals surface area (Å²) >= 11 is 0. The van der Waals surface area contributed by atoms with Gasteiger partial charge in [0.25, 0.3) is 0 Å². The molecule has 166 valence electrons. The molecule has 0 bridgehead atoms. The minimum absolute atomic E-state index is 0.0112. The molecule has 0 saturated carbocycles. The molecule has 0 spiro atoms. The van der Waals surface area contributed by atoms with Gasteiger partial charge in [0.2, 0.25) is 11.8 Å². The molecule has 2 aromatic rings. The predicted octanol–water partition coefficient (Wildman–Crippen LogP) is 3.88. The Morgan fingerprint density at radius 1 is 1.13 bits per heavy atom. The molecule has 1 aliphatic rings. The summed E-state index contributed by atoms with van der Waals surface area (Å²) in [6.07, 6.45) is 0.957. The fourth-order valence-electron chi connectivity index (χ4n) is 3.95. The Morgan fingerprint density at radius 2 is 1.87 bits per heavy atom. The van der Waals surface area contributed by atoms with Crippen molar-refractivity contribution in [2.24, 2.45) is 5.92 Å². The topological polar surface area (TPSA) is 59.1 Å². The molecule has 1 saturated heterocycles. The second-order valence-corrected chi connectivity index (χ2v) is 8.33. The van der Waals surface area contributed by atoms with Crippen molar-refractivity contribution < 1.29 is 19.1 Å². The van der Waals surface area contributed by atoms with E-state index in [9.17, 15) is 9.59 Å². The van der Waals surface area contributed by atoms with Crippen LogP contribution < -0.4 is 14.4 Å². The summed E-state index contributed by atoms with van der Waals surface area (Å²) in [5.74, 6) is 1.45. The first-order valence-corrected chi connectivity index (χ1v) is 10.7. The number of benzene rings is 2. The number of likely N-dealkylation sites (tertiary alicyclic amines) is 1. The lowest BCUT2D eigenvalue weighted by molar-refractivity contribution is -0.128. The Balaban J connectivity index is 1.62. The lowest BCUT2D eigenvalue weighted by Gasteiger charge is -2.22. The normalized spacial score (nSPS) is 16.0. The fraction of sp³-hybridized carbons (Fsp3) is 0.440. The van der Waals surface area contributed by atoms with Crippen LogP contribution in [-0.2, 0) is 16.0 Å². The van der Waals surface area contributed by atoms with Crippen LogP contribution in [0.3, 0.4) is 0 Å². The number of nitrogens with zero attached hydrogens (tertiary/aromatic N) is 2. The summed E-state index contributed by atoms with van der Waals surface area (Å²) in [5.41, 5.74) is 3.12. The zero-order valence-electron chi connectivity index (χ0n) is 19.1. The Bertz CT molecular complexity index is 941. The lowest BCUT2D eigenvalue weighted by Crippen LogP contribution is -2.35. The monoisotopic (exact) mass is 424 g/mol. The van der Waals surface area contributed by atoms with Gasteiger partial charge in [0.1, 0.15) is 0 Å². The molecule has 1 atom stereocenters. The van der Waals surface area contributed by atoms with E-state index in [-0.39, 0.29) is 24.2 Å². The molecule has 31 heavy (non-hydrogen) atoms. The molecular weight excluding hydrogens is 392 g/mol. The number of carbonyl (C=O) groups is 2. The third-order valence-corrected chi connectivity index (χ3v) is 5.94. The molecule has 2 amide bonds. The summed E-state index contributed by atoms with van der Waals surface area (Å²) in [6, 6.07) is 13.8. The Morgan fingerprint density at radius 3 is 2.55 bits per heavy atom. The maximum absolute atomic E-state index is 13.1. The van der Waals surface area contributed by atoms with Gasteiger partial charge in [0, 0.05) is 32.2 Å². The molecular formula is C25H32N2O4. The highest BCUT2D eigenvalue weighted by Crippen LogP contribution is 2.29. The number of methoxy groups -OCH3 is 2. The highest BCUT2D eigenvalue weighted by Gasteiger charge is 2.35. The van der Waals surface area contributed by atoms with Gasteiger partial charge in [-0.3, -0.25) is 9.59 Å². The molecule has 6 heteroatoms. The number of hydrogen-bond donors (Lipinski definition) is 0. The molecule has 0 radical (unpaired) electrons. The van der Waals surface area contributed by atoms with Crippen molar-refractivity contribution in [2.75, 3.05) is 39.3 Å². The van der Waals surface area contributed by atoms with Gasteiger partial charge in [0.15, 0.2) is 11.5 Å². The van der Waals surface area contributed by atoms with Crippen molar-refractivity contribution >= 4 is 17.5 Å². The largest absolute Gasteiger partial charge is 0.493 e. The van der Waals surface area contributed by atoms with Crippen LogP contribution in [-0.4, -0.2) is 51.1 Å². The number of rotatable bonds is 8. The maximum Gasteiger partial charge on any atom is 0.232 e. The van der Waals surface area contributed by atoms with Crippen LogP contribution in [0.1, 0.15) is 37.3 Å². The van der Waals surface area contributed by atoms with E-state index >= 15 is 0 Å². The van der Waals surface area contributed by atoms with Crippen LogP contribution in [0.25, 0.3) is 0 Å². The van der Waals surface area contributed by atoms with Gasteiger partial charge in [-0.05, 0) is 47.7 Å². The zero-order chi connectivity index (χ0) is 22.5. The van der Waals surface area contributed by atoms with Crippen molar-refractivity contribution in [3.05, 3.63) is 53.6 Å². The molecule has 1 fully saturated rings. The second-order valence-electron chi connectivity index (χ2n) is 8.33. The van der Waals surface area contributed by atoms with Gasteiger partial charge in [-0.2, -0.15) is 0 Å². The maximum atomic E-state index is 13.1. The first kappa shape index (κ1) is 22.7. The van der Waals surface area contributed by atoms with Gasteiger partial charge < -0.3 is 19.3 Å². The van der Waals surface area contributed by atoms with Gasteiger partial charge in [-0.1, -0.05) is 32.0 Å². The number of carbonyl (C=O) groups excluding carboxylic acids is 2. The van der Waals surface area contributed by atoms with E-state index in [4.69, 9.17) is 9.47 Å². The average molecular weight is 425 g/mol. The van der Waals surface area contributed by atoms with E-state index in [0.717, 1.165) is 11.3 Å². The number of anilines is 1. The summed E-state index contributed by atoms with van der Waals surface area (Å²) < 4.78 is 10.6. The molecule has 6 nitrogen and oxygen atoms in total. The van der Waals surface area contributed by atoms with Crippen LogP contribution in [0.5, 0.6) is 11.5 Å². The van der Waals surface area contributed by atoms with E-state index in [0.29, 0.717) is 36.9 Å². The van der Waals surface area contributed by atoms with Gasteiger partial charge in [-0.15, -0.1) is 0 Å². The third-order valence-electron chi connectivity index (χ3n) is 5.94. The van der Waals surface area contributed by atoms with Crippen LogP contribution in [0, 0.1) is 5.92 Å². The number of amides is 2. The highest BCUT2D eigenvalue weighted by molar-refractivity contribution is 5.98. The van der Waals surface area contributed by atoms with Crippen LogP contribution in [0.15, 0.2) is 42.5 Å². The van der Waals surface area contributed by atoms with Crippen molar-refractivity contribution in [1.82, 2.24) is 4.90 Å². The molecule has 3 rings (SSSR count). The summed E-state index contributed by atoms with van der Waals surface area (Å²) in [7, 11) is 5.00. The van der Waals surface area contributed by atoms with Crippen molar-refractivity contribution in [1.29, 1.82) is 0 Å². The van der Waals surface area contributed by atoms with Crippen molar-refractivity contribution in [2.45, 2.75) is 32.6 Å². The van der Waals surface area contributed by atoms with Crippen LogP contribution in [0.4, 0.5) is 5.69 Å². The van der Waals surface area contributed by atoms with Gasteiger partial charge in [0.05, 0.1) is 20.1 Å². The molecule has 0 N–H and O–H groups in total. The average Bonchev–Trinajstić information content (AvgIpc) is 3.16. The fourth-order valence-corrected chi connectivity index (χ4v) is 3.95. The van der Waals surface area contributed by atoms with Crippen LogP contribution >= 0.6 is 0 Å². The third kappa shape index (κ3) is 5.19. The van der Waals surface area contributed by atoms with Gasteiger partial charge >= 0.3 is 0 Å². The van der Waals surface area contributed by atoms with Crippen LogP contribution in [0.2, 0.25) is 0 Å². The second kappa shape index (κ2) is 9.86. The smallest absolute Gasteiger partial charge is 0.232 e. The Labute approximate surface area is 184 Å². The molecule has 1 aliphatic heterocycles. The summed E-state index contributed by atoms with van der Waals surface area (Å²) in [4.78, 5) is 29.1. The first-order chi connectivity index (χ1) is 14.8. The SMILES string of the molecule is COc1ccc(CCN2CC(C(=O)N(C)c3cccc(C(C)C)c3)CC2=O)cc1OC. The highest BCUT2D eigenvalue weighted by atomic mass is 16.5. The van der Waals surface area contributed by atoms with Gasteiger partial charge in [-0.25, -0.2) is 0 Å². The minimum Gasteiger partial charge on any atom is -0.493 e. The molecule has 2 aromatic carbocycles. The van der Waals surface area contributed by atoms with E-state index in [1.54, 1.807) is 31.1 Å². The number of hydrogen-bond acceptors (Lipinski definition) is 4.